The van der Waals surface area contributed by atoms with Crippen LogP contribution in [0.5, 0.6) is 0 Å². The minimum atomic E-state index is -0.642. The van der Waals surface area contributed by atoms with Crippen molar-refractivity contribution in [2.24, 2.45) is 11.8 Å². The molecule has 5 rings (SSSR count). The molecule has 4 heterocycles. The number of benzene rings is 1. The molecule has 3 fully saturated rings. The SMILES string of the molecule is CCCC(C(=O)NC=O)N1Cc2cc(N3CCN(CC4CCN(C(=O)CC5CCNCC5)CC4)CC3)ccc2C1=O. The number of nitrogens with one attached hydrogen (secondary N) is 2. The van der Waals surface area contributed by atoms with Crippen LogP contribution in [0.1, 0.15) is 67.8 Å². The summed E-state index contributed by atoms with van der Waals surface area (Å²) < 4.78 is 0. The predicted octanol–water partition coefficient (Wildman–Crippen LogP) is 1.83. The monoisotopic (exact) mass is 566 g/mol. The molecule has 10 heteroatoms. The number of anilines is 1. The highest BCUT2D eigenvalue weighted by Crippen LogP contribution is 2.31. The lowest BCUT2D eigenvalue weighted by Crippen LogP contribution is -2.49. The average molecular weight is 567 g/mol. The van der Waals surface area contributed by atoms with Crippen LogP contribution in [0, 0.1) is 11.8 Å². The van der Waals surface area contributed by atoms with Crippen LogP contribution in [0.2, 0.25) is 0 Å². The van der Waals surface area contributed by atoms with E-state index in [0.29, 0.717) is 42.7 Å². The Labute approximate surface area is 243 Å². The first kappa shape index (κ1) is 29.5. The maximum atomic E-state index is 13.1. The number of rotatable bonds is 10. The molecule has 1 aromatic carbocycles. The number of imide groups is 1. The molecule has 4 aliphatic rings. The van der Waals surface area contributed by atoms with Crippen LogP contribution in [0.15, 0.2) is 18.2 Å². The van der Waals surface area contributed by atoms with Gasteiger partial charge in [-0.3, -0.25) is 29.4 Å². The fourth-order valence-electron chi connectivity index (χ4n) is 7.01. The van der Waals surface area contributed by atoms with E-state index >= 15 is 0 Å². The highest BCUT2D eigenvalue weighted by molar-refractivity contribution is 6.02. The third kappa shape index (κ3) is 7.09. The number of piperidine rings is 2. The van der Waals surface area contributed by atoms with Crippen LogP contribution >= 0.6 is 0 Å². The van der Waals surface area contributed by atoms with E-state index in [1.165, 1.54) is 0 Å². The van der Waals surface area contributed by atoms with Gasteiger partial charge in [0.2, 0.25) is 18.2 Å². The van der Waals surface area contributed by atoms with Gasteiger partial charge >= 0.3 is 0 Å². The van der Waals surface area contributed by atoms with Gasteiger partial charge in [0.15, 0.2) is 0 Å². The van der Waals surface area contributed by atoms with Crippen LogP contribution in [0.3, 0.4) is 0 Å². The summed E-state index contributed by atoms with van der Waals surface area (Å²) >= 11 is 0. The first-order chi connectivity index (χ1) is 20.0. The molecule has 0 spiro atoms. The number of carbonyl (C=O) groups excluding carboxylic acids is 4. The van der Waals surface area contributed by atoms with Crippen molar-refractivity contribution in [3.8, 4) is 0 Å². The van der Waals surface area contributed by atoms with Gasteiger partial charge in [-0.1, -0.05) is 13.3 Å². The summed E-state index contributed by atoms with van der Waals surface area (Å²) in [6, 6.07) is 5.36. The van der Waals surface area contributed by atoms with Gasteiger partial charge in [0, 0.05) is 70.0 Å². The first-order valence-electron chi connectivity index (χ1n) is 15.6. The predicted molar refractivity (Wildman–Crippen MR) is 157 cm³/mol. The molecule has 0 aromatic heterocycles. The van der Waals surface area contributed by atoms with E-state index in [2.05, 4.69) is 31.4 Å². The molecule has 10 nitrogen and oxygen atoms in total. The molecule has 1 aromatic rings. The highest BCUT2D eigenvalue weighted by atomic mass is 16.2. The molecule has 224 valence electrons. The van der Waals surface area contributed by atoms with Gasteiger partial charge in [0.05, 0.1) is 0 Å². The van der Waals surface area contributed by atoms with Crippen molar-refractivity contribution in [2.45, 2.75) is 64.5 Å². The normalized spacial score (nSPS) is 21.6. The molecule has 1 atom stereocenters. The molecule has 1 unspecified atom stereocenters. The number of nitrogens with zero attached hydrogens (tertiary/aromatic N) is 4. The Morgan fingerprint density at radius 3 is 2.44 bits per heavy atom. The topological polar surface area (TPSA) is 105 Å². The van der Waals surface area contributed by atoms with Gasteiger partial charge in [-0.05, 0) is 80.8 Å². The van der Waals surface area contributed by atoms with E-state index in [0.717, 1.165) is 109 Å². The second-order valence-electron chi connectivity index (χ2n) is 12.2. The minimum absolute atomic E-state index is 0.144. The number of carbonyl (C=O) groups is 4. The lowest BCUT2D eigenvalue weighted by atomic mass is 9.92. The Morgan fingerprint density at radius 2 is 1.76 bits per heavy atom. The number of hydrogen-bond donors (Lipinski definition) is 2. The quantitative estimate of drug-likeness (QED) is 0.417. The van der Waals surface area contributed by atoms with E-state index in [9.17, 15) is 19.2 Å². The summed E-state index contributed by atoms with van der Waals surface area (Å²) in [5.41, 5.74) is 2.70. The average Bonchev–Trinajstić information content (AvgIpc) is 3.32. The highest BCUT2D eigenvalue weighted by Gasteiger charge is 2.36. The third-order valence-corrected chi connectivity index (χ3v) is 9.51. The second-order valence-corrected chi connectivity index (χ2v) is 12.2. The van der Waals surface area contributed by atoms with Crippen molar-refractivity contribution < 1.29 is 19.2 Å². The molecule has 0 bridgehead atoms. The molecule has 0 saturated carbocycles. The van der Waals surface area contributed by atoms with Crippen molar-refractivity contribution in [3.05, 3.63) is 29.3 Å². The summed E-state index contributed by atoms with van der Waals surface area (Å²) in [5, 5.41) is 5.61. The molecule has 41 heavy (non-hydrogen) atoms. The number of likely N-dealkylation sites (tertiary alicyclic amines) is 1. The lowest BCUT2D eigenvalue weighted by Gasteiger charge is -2.40. The zero-order valence-corrected chi connectivity index (χ0v) is 24.5. The number of hydrogen-bond acceptors (Lipinski definition) is 7. The number of piperazine rings is 1. The fraction of sp³-hybridized carbons (Fsp3) is 0.677. The van der Waals surface area contributed by atoms with E-state index in [1.807, 2.05) is 19.1 Å². The summed E-state index contributed by atoms with van der Waals surface area (Å²) in [5.74, 6) is 0.988. The molecule has 2 N–H and O–H groups in total. The Bertz CT molecular complexity index is 1090. The largest absolute Gasteiger partial charge is 0.369 e. The zero-order valence-electron chi connectivity index (χ0n) is 24.5. The smallest absolute Gasteiger partial charge is 0.255 e. The Balaban J connectivity index is 1.08. The van der Waals surface area contributed by atoms with Gasteiger partial charge in [0.25, 0.3) is 5.91 Å². The molecule has 0 radical (unpaired) electrons. The van der Waals surface area contributed by atoms with Crippen molar-refractivity contribution in [1.82, 2.24) is 25.3 Å². The minimum Gasteiger partial charge on any atom is -0.369 e. The maximum Gasteiger partial charge on any atom is 0.255 e. The maximum absolute atomic E-state index is 13.1. The van der Waals surface area contributed by atoms with Crippen molar-refractivity contribution in [2.75, 3.05) is 63.8 Å². The zero-order chi connectivity index (χ0) is 28.8. The van der Waals surface area contributed by atoms with Crippen molar-refractivity contribution in [1.29, 1.82) is 0 Å². The van der Waals surface area contributed by atoms with Gasteiger partial charge in [-0.15, -0.1) is 0 Å². The standard InChI is InChI=1S/C31H46N6O4/c1-2-3-28(30(40)33-22-38)37-21-25-19-26(4-5-27(25)31(37)41)35-16-14-34(15-17-35)20-24-8-12-36(13-9-24)29(39)18-23-6-10-32-11-7-23/h4-5,19,22-24,28,32H,2-3,6-18,20-21H2,1H3,(H,33,38,40). The van der Waals surface area contributed by atoms with E-state index in [-0.39, 0.29) is 5.91 Å². The molecule has 4 aliphatic heterocycles. The summed E-state index contributed by atoms with van der Waals surface area (Å²) in [6.45, 7) is 11.2. The van der Waals surface area contributed by atoms with Gasteiger partial charge in [-0.2, -0.15) is 0 Å². The molecule has 4 amide bonds. The van der Waals surface area contributed by atoms with Crippen molar-refractivity contribution in [3.63, 3.8) is 0 Å². The number of amides is 4. The van der Waals surface area contributed by atoms with Gasteiger partial charge < -0.3 is 20.0 Å². The summed E-state index contributed by atoms with van der Waals surface area (Å²) in [4.78, 5) is 57.8. The lowest BCUT2D eigenvalue weighted by molar-refractivity contribution is -0.134. The first-order valence-corrected chi connectivity index (χ1v) is 15.6. The van der Waals surface area contributed by atoms with Crippen LogP contribution < -0.4 is 15.5 Å². The van der Waals surface area contributed by atoms with E-state index < -0.39 is 11.9 Å². The van der Waals surface area contributed by atoms with E-state index in [1.54, 1.807) is 4.90 Å². The van der Waals surface area contributed by atoms with Crippen LogP contribution in [-0.4, -0.2) is 104 Å². The molecular weight excluding hydrogens is 520 g/mol. The Morgan fingerprint density at radius 1 is 1.02 bits per heavy atom. The molecule has 3 saturated heterocycles. The molecule has 0 aliphatic carbocycles. The third-order valence-electron chi connectivity index (χ3n) is 9.51. The molecular formula is C31H46N6O4. The number of fused-ring (bicyclic) bond motifs is 1. The Hall–Kier alpha value is -2.98. The van der Waals surface area contributed by atoms with Crippen LogP contribution in [0.25, 0.3) is 0 Å². The van der Waals surface area contributed by atoms with E-state index in [4.69, 9.17) is 0 Å². The second kappa shape index (κ2) is 13.8. The van der Waals surface area contributed by atoms with Gasteiger partial charge in [0.1, 0.15) is 6.04 Å². The van der Waals surface area contributed by atoms with Gasteiger partial charge in [-0.25, -0.2) is 0 Å². The fourth-order valence-corrected chi connectivity index (χ4v) is 7.01. The van der Waals surface area contributed by atoms with Crippen LogP contribution in [-0.2, 0) is 20.9 Å². The summed E-state index contributed by atoms with van der Waals surface area (Å²) in [6.07, 6.45) is 6.79. The van der Waals surface area contributed by atoms with Crippen molar-refractivity contribution >= 4 is 29.8 Å². The van der Waals surface area contributed by atoms with Crippen LogP contribution in [0.4, 0.5) is 5.69 Å². The summed E-state index contributed by atoms with van der Waals surface area (Å²) in [7, 11) is 0. The Kier molecular flexibility index (Phi) is 9.92.